The number of pyridine rings is 1. The maximum atomic E-state index is 12.5. The third kappa shape index (κ3) is 5.74. The number of thioether (sulfide) groups is 1. The molecule has 29 heavy (non-hydrogen) atoms. The van der Waals surface area contributed by atoms with Gasteiger partial charge in [0, 0.05) is 16.8 Å². The summed E-state index contributed by atoms with van der Waals surface area (Å²) >= 11 is 5.16. The highest BCUT2D eigenvalue weighted by Crippen LogP contribution is 2.28. The van der Waals surface area contributed by atoms with Crippen LogP contribution >= 0.6 is 27.7 Å². The molecule has 2 aromatic heterocycles. The summed E-state index contributed by atoms with van der Waals surface area (Å²) in [6.45, 7) is 5.22. The van der Waals surface area contributed by atoms with Gasteiger partial charge in [-0.3, -0.25) is 14.6 Å². The van der Waals surface area contributed by atoms with Crippen molar-refractivity contribution in [2.75, 3.05) is 0 Å². The number of amides is 2. The number of fused-ring (bicyclic) bond motifs is 1. The number of hydrogen-bond donors (Lipinski definition) is 2. The zero-order chi connectivity index (χ0) is 21.0. The zero-order valence-corrected chi connectivity index (χ0v) is 18.6. The molecule has 0 spiro atoms. The summed E-state index contributed by atoms with van der Waals surface area (Å²) < 4.78 is 7.56. The van der Waals surface area contributed by atoms with E-state index in [4.69, 9.17) is 4.74 Å². The van der Waals surface area contributed by atoms with E-state index in [0.717, 1.165) is 15.1 Å². The molecule has 2 heterocycles. The van der Waals surface area contributed by atoms with E-state index < -0.39 is 17.6 Å². The standard InChI is InChI=1S/C20H21BrN4O3S/c1-20(2,3)28-19(27)24-23-18(26)16-10-22-17-15(21)9-14(11-25(16)17)29-12-13-7-5-4-6-8-13/h4-11H,12H2,1-3H3,(H,23,26)(H,24,27). The topological polar surface area (TPSA) is 84.7 Å². The summed E-state index contributed by atoms with van der Waals surface area (Å²) in [6.07, 6.45) is 2.57. The second-order valence-corrected chi connectivity index (χ2v) is 9.12. The van der Waals surface area contributed by atoms with E-state index >= 15 is 0 Å². The molecule has 2 N–H and O–H groups in total. The number of ether oxygens (including phenoxy) is 1. The molecule has 0 saturated heterocycles. The summed E-state index contributed by atoms with van der Waals surface area (Å²) in [7, 11) is 0. The largest absolute Gasteiger partial charge is 0.443 e. The number of nitrogens with one attached hydrogen (secondary N) is 2. The van der Waals surface area contributed by atoms with Crippen LogP contribution in [0.1, 0.15) is 36.8 Å². The Kier molecular flexibility index (Phi) is 6.49. The molecule has 0 saturated carbocycles. The minimum absolute atomic E-state index is 0.291. The van der Waals surface area contributed by atoms with Gasteiger partial charge in [-0.15, -0.1) is 11.8 Å². The molecule has 7 nitrogen and oxygen atoms in total. The van der Waals surface area contributed by atoms with Gasteiger partial charge in [0.2, 0.25) is 0 Å². The molecule has 0 radical (unpaired) electrons. The number of aromatic nitrogens is 2. The van der Waals surface area contributed by atoms with Gasteiger partial charge in [0.15, 0.2) is 5.65 Å². The number of imidazole rings is 1. The first kappa shape index (κ1) is 21.2. The summed E-state index contributed by atoms with van der Waals surface area (Å²) in [5, 5.41) is 0. The van der Waals surface area contributed by atoms with Crippen molar-refractivity contribution < 1.29 is 14.3 Å². The normalized spacial score (nSPS) is 11.3. The van der Waals surface area contributed by atoms with Crippen molar-refractivity contribution in [2.24, 2.45) is 0 Å². The predicted octanol–water partition coefficient (Wildman–Crippen LogP) is 4.56. The molecule has 3 aromatic rings. The van der Waals surface area contributed by atoms with E-state index in [9.17, 15) is 9.59 Å². The Labute approximate surface area is 181 Å². The fraction of sp³-hybridized carbons (Fsp3) is 0.250. The molecule has 2 amide bonds. The lowest BCUT2D eigenvalue weighted by Crippen LogP contribution is -2.44. The Morgan fingerprint density at radius 2 is 1.93 bits per heavy atom. The summed E-state index contributed by atoms with van der Waals surface area (Å²) in [4.78, 5) is 29.5. The number of hydrazine groups is 1. The minimum Gasteiger partial charge on any atom is -0.443 e. The lowest BCUT2D eigenvalue weighted by atomic mass is 10.2. The number of hydrogen-bond acceptors (Lipinski definition) is 5. The van der Waals surface area contributed by atoms with Gasteiger partial charge < -0.3 is 4.74 Å². The van der Waals surface area contributed by atoms with Crippen molar-refractivity contribution in [2.45, 2.75) is 37.0 Å². The van der Waals surface area contributed by atoms with E-state index in [0.29, 0.717) is 11.3 Å². The quantitative estimate of drug-likeness (QED) is 0.425. The molecule has 9 heteroatoms. The first-order valence-corrected chi connectivity index (χ1v) is 10.6. The number of benzene rings is 1. The average Bonchev–Trinajstić information content (AvgIpc) is 3.08. The molecule has 3 rings (SSSR count). The minimum atomic E-state index is -0.736. The second kappa shape index (κ2) is 8.87. The number of nitrogens with zero attached hydrogens (tertiary/aromatic N) is 2. The van der Waals surface area contributed by atoms with Crippen LogP contribution in [-0.2, 0) is 10.5 Å². The molecule has 0 unspecified atom stereocenters. The highest BCUT2D eigenvalue weighted by molar-refractivity contribution is 9.10. The van der Waals surface area contributed by atoms with E-state index in [1.165, 1.54) is 11.8 Å². The van der Waals surface area contributed by atoms with Gasteiger partial charge >= 0.3 is 6.09 Å². The Morgan fingerprint density at radius 1 is 1.21 bits per heavy atom. The maximum Gasteiger partial charge on any atom is 0.426 e. The van der Waals surface area contributed by atoms with Crippen LogP contribution in [-0.4, -0.2) is 27.0 Å². The van der Waals surface area contributed by atoms with Crippen molar-refractivity contribution >= 4 is 45.3 Å². The van der Waals surface area contributed by atoms with Gasteiger partial charge in [0.25, 0.3) is 5.91 Å². The van der Waals surface area contributed by atoms with Gasteiger partial charge in [0.1, 0.15) is 11.3 Å². The second-order valence-electron chi connectivity index (χ2n) is 7.22. The number of rotatable bonds is 4. The van der Waals surface area contributed by atoms with Crippen LogP contribution in [0.2, 0.25) is 0 Å². The molecule has 152 valence electrons. The molecule has 1 aromatic carbocycles. The molecule has 0 aliphatic heterocycles. The fourth-order valence-corrected chi connectivity index (χ4v) is 4.08. The Hall–Kier alpha value is -2.52. The number of carbonyl (C=O) groups excluding carboxylic acids is 2. The molecule has 0 atom stereocenters. The van der Waals surface area contributed by atoms with E-state index in [1.807, 2.05) is 30.5 Å². The van der Waals surface area contributed by atoms with Crippen LogP contribution in [0.5, 0.6) is 0 Å². The van der Waals surface area contributed by atoms with Crippen molar-refractivity contribution in [3.8, 4) is 0 Å². The highest BCUT2D eigenvalue weighted by Gasteiger charge is 2.19. The monoisotopic (exact) mass is 476 g/mol. The summed E-state index contributed by atoms with van der Waals surface area (Å²) in [6, 6.07) is 12.1. The Bertz CT molecular complexity index is 1030. The first-order chi connectivity index (χ1) is 13.7. The van der Waals surface area contributed by atoms with E-state index in [-0.39, 0.29) is 0 Å². The van der Waals surface area contributed by atoms with Crippen molar-refractivity contribution in [1.29, 1.82) is 0 Å². The maximum absolute atomic E-state index is 12.5. The van der Waals surface area contributed by atoms with Crippen LogP contribution < -0.4 is 10.9 Å². The van der Waals surface area contributed by atoms with Crippen LogP contribution in [0.3, 0.4) is 0 Å². The third-order valence-electron chi connectivity index (χ3n) is 3.69. The average molecular weight is 477 g/mol. The summed E-state index contributed by atoms with van der Waals surface area (Å²) in [5.74, 6) is 0.301. The fourth-order valence-electron chi connectivity index (χ4n) is 2.49. The Balaban J connectivity index is 1.74. The first-order valence-electron chi connectivity index (χ1n) is 8.85. The van der Waals surface area contributed by atoms with Gasteiger partial charge in [-0.2, -0.15) is 0 Å². The highest BCUT2D eigenvalue weighted by atomic mass is 79.9. The van der Waals surface area contributed by atoms with E-state index in [2.05, 4.69) is 43.9 Å². The molecular formula is C20H21BrN4O3S. The zero-order valence-electron chi connectivity index (χ0n) is 16.2. The molecule has 0 aliphatic rings. The molecule has 0 fully saturated rings. The molecule has 0 aliphatic carbocycles. The summed E-state index contributed by atoms with van der Waals surface area (Å²) in [5.41, 5.74) is 6.05. The van der Waals surface area contributed by atoms with Crippen molar-refractivity contribution in [3.05, 3.63) is 64.5 Å². The van der Waals surface area contributed by atoms with E-state index in [1.54, 1.807) is 36.9 Å². The SMILES string of the molecule is CC(C)(C)OC(=O)NNC(=O)c1cnc2c(Br)cc(SCc3ccccc3)cn12. The lowest BCUT2D eigenvalue weighted by Gasteiger charge is -2.19. The van der Waals surface area contributed by atoms with Crippen LogP contribution in [0.25, 0.3) is 5.65 Å². The van der Waals surface area contributed by atoms with Gasteiger partial charge in [-0.1, -0.05) is 30.3 Å². The third-order valence-corrected chi connectivity index (χ3v) is 5.31. The van der Waals surface area contributed by atoms with Gasteiger partial charge in [-0.05, 0) is 48.3 Å². The predicted molar refractivity (Wildman–Crippen MR) is 116 cm³/mol. The lowest BCUT2D eigenvalue weighted by molar-refractivity contribution is 0.0483. The van der Waals surface area contributed by atoms with Crippen molar-refractivity contribution in [3.63, 3.8) is 0 Å². The van der Waals surface area contributed by atoms with Gasteiger partial charge in [-0.25, -0.2) is 15.2 Å². The molecular weight excluding hydrogens is 456 g/mol. The Morgan fingerprint density at radius 3 is 2.62 bits per heavy atom. The van der Waals surface area contributed by atoms with Crippen LogP contribution in [0.4, 0.5) is 4.79 Å². The number of halogens is 1. The van der Waals surface area contributed by atoms with Crippen LogP contribution in [0, 0.1) is 0 Å². The van der Waals surface area contributed by atoms with Crippen molar-refractivity contribution in [1.82, 2.24) is 20.2 Å². The molecule has 0 bridgehead atoms. The number of carbonyl (C=O) groups is 2. The van der Waals surface area contributed by atoms with Gasteiger partial charge in [0.05, 0.1) is 10.7 Å². The smallest absolute Gasteiger partial charge is 0.426 e. The van der Waals surface area contributed by atoms with Crippen LogP contribution in [0.15, 0.2) is 58.2 Å².